The zero-order valence-corrected chi connectivity index (χ0v) is 11.7. The molecular formula is C17H16O4. The number of hydrogen-bond acceptors (Lipinski definition) is 3. The number of hydrogen-bond donors (Lipinski definition) is 1. The third-order valence-corrected chi connectivity index (χ3v) is 3.17. The molecule has 0 saturated carbocycles. The van der Waals surface area contributed by atoms with E-state index in [1.54, 1.807) is 12.1 Å². The van der Waals surface area contributed by atoms with Gasteiger partial charge in [-0.15, -0.1) is 0 Å². The lowest BCUT2D eigenvalue weighted by Crippen LogP contribution is -2.14. The summed E-state index contributed by atoms with van der Waals surface area (Å²) in [6.45, 7) is 1.91. The standard InChI is InChI=1S/C17H16O4/c1-2-15(12-8-4-3-5-9-12)21-17(20)14-11-7-6-10-13(14)16(18)19/h3-11,15H,2H2,1H3,(H,18,19)/t15-/m0/s1. The van der Waals surface area contributed by atoms with Crippen molar-refractivity contribution in [3.05, 3.63) is 71.3 Å². The Morgan fingerprint density at radius 3 is 2.14 bits per heavy atom. The number of rotatable bonds is 5. The Bertz CT molecular complexity index is 634. The molecule has 0 fully saturated rings. The molecule has 0 radical (unpaired) electrons. The number of benzene rings is 2. The Morgan fingerprint density at radius 2 is 1.57 bits per heavy atom. The third kappa shape index (κ3) is 3.48. The number of aromatic carboxylic acids is 1. The molecule has 4 heteroatoms. The van der Waals surface area contributed by atoms with Crippen LogP contribution in [0.2, 0.25) is 0 Å². The summed E-state index contributed by atoms with van der Waals surface area (Å²) in [5, 5.41) is 9.12. The molecule has 0 unspecified atom stereocenters. The monoisotopic (exact) mass is 284 g/mol. The van der Waals surface area contributed by atoms with Gasteiger partial charge in [-0.1, -0.05) is 49.4 Å². The van der Waals surface area contributed by atoms with Crippen LogP contribution >= 0.6 is 0 Å². The second kappa shape index (κ2) is 6.70. The van der Waals surface area contributed by atoms with Crippen LogP contribution in [0.5, 0.6) is 0 Å². The van der Waals surface area contributed by atoms with Gasteiger partial charge in [-0.25, -0.2) is 9.59 Å². The Balaban J connectivity index is 2.23. The van der Waals surface area contributed by atoms with Crippen LogP contribution in [0.15, 0.2) is 54.6 Å². The Morgan fingerprint density at radius 1 is 1.00 bits per heavy atom. The first kappa shape index (κ1) is 14.8. The number of esters is 1. The molecule has 108 valence electrons. The van der Waals surface area contributed by atoms with Crippen molar-refractivity contribution in [1.29, 1.82) is 0 Å². The maximum Gasteiger partial charge on any atom is 0.339 e. The molecule has 4 nitrogen and oxygen atoms in total. The molecule has 0 aliphatic heterocycles. The first-order chi connectivity index (χ1) is 10.1. The van der Waals surface area contributed by atoms with E-state index in [0.717, 1.165) is 5.56 Å². The Labute approximate surface area is 123 Å². The highest BCUT2D eigenvalue weighted by atomic mass is 16.5. The summed E-state index contributed by atoms with van der Waals surface area (Å²) >= 11 is 0. The number of carbonyl (C=O) groups is 2. The van der Waals surface area contributed by atoms with E-state index in [9.17, 15) is 9.59 Å². The van der Waals surface area contributed by atoms with E-state index < -0.39 is 11.9 Å². The average molecular weight is 284 g/mol. The maximum atomic E-state index is 12.2. The second-order valence-electron chi connectivity index (χ2n) is 4.56. The van der Waals surface area contributed by atoms with Gasteiger partial charge >= 0.3 is 11.9 Å². The number of ether oxygens (including phenoxy) is 1. The van der Waals surface area contributed by atoms with Crippen molar-refractivity contribution >= 4 is 11.9 Å². The van der Waals surface area contributed by atoms with Crippen molar-refractivity contribution in [3.63, 3.8) is 0 Å². The van der Waals surface area contributed by atoms with Crippen LogP contribution in [0.1, 0.15) is 45.7 Å². The van der Waals surface area contributed by atoms with Crippen LogP contribution < -0.4 is 0 Å². The minimum atomic E-state index is -1.14. The van der Waals surface area contributed by atoms with Gasteiger partial charge in [0.2, 0.25) is 0 Å². The van der Waals surface area contributed by atoms with E-state index in [0.29, 0.717) is 6.42 Å². The van der Waals surface area contributed by atoms with Crippen molar-refractivity contribution in [2.75, 3.05) is 0 Å². The van der Waals surface area contributed by atoms with Gasteiger partial charge in [-0.2, -0.15) is 0 Å². The van der Waals surface area contributed by atoms with Gasteiger partial charge in [0, 0.05) is 0 Å². The van der Waals surface area contributed by atoms with Gasteiger partial charge in [0.15, 0.2) is 0 Å². The highest BCUT2D eigenvalue weighted by Crippen LogP contribution is 2.23. The lowest BCUT2D eigenvalue weighted by atomic mass is 10.1. The summed E-state index contributed by atoms with van der Waals surface area (Å²) in [5.74, 6) is -1.76. The van der Waals surface area contributed by atoms with Crippen LogP contribution in [0.25, 0.3) is 0 Å². The molecule has 0 saturated heterocycles. The van der Waals surface area contributed by atoms with E-state index in [-0.39, 0.29) is 17.2 Å². The van der Waals surface area contributed by atoms with E-state index in [1.165, 1.54) is 12.1 Å². The molecule has 0 heterocycles. The quantitative estimate of drug-likeness (QED) is 0.850. The summed E-state index contributed by atoms with van der Waals surface area (Å²) in [6, 6.07) is 15.4. The molecular weight excluding hydrogens is 268 g/mol. The van der Waals surface area contributed by atoms with Crippen LogP contribution in [0.3, 0.4) is 0 Å². The van der Waals surface area contributed by atoms with Crippen molar-refractivity contribution in [2.24, 2.45) is 0 Å². The highest BCUT2D eigenvalue weighted by Gasteiger charge is 2.20. The molecule has 0 bridgehead atoms. The van der Waals surface area contributed by atoms with Gasteiger partial charge in [-0.3, -0.25) is 0 Å². The van der Waals surface area contributed by atoms with Crippen LogP contribution in [-0.2, 0) is 4.74 Å². The maximum absolute atomic E-state index is 12.2. The van der Waals surface area contributed by atoms with Crippen LogP contribution in [0, 0.1) is 0 Å². The smallest absolute Gasteiger partial charge is 0.339 e. The topological polar surface area (TPSA) is 63.6 Å². The molecule has 21 heavy (non-hydrogen) atoms. The normalized spacial score (nSPS) is 11.7. The van der Waals surface area contributed by atoms with Crippen molar-refractivity contribution in [2.45, 2.75) is 19.4 Å². The lowest BCUT2D eigenvalue weighted by molar-refractivity contribution is 0.0282. The fourth-order valence-corrected chi connectivity index (χ4v) is 2.10. The lowest BCUT2D eigenvalue weighted by Gasteiger charge is -2.17. The SMILES string of the molecule is CC[C@H](OC(=O)c1ccccc1C(=O)O)c1ccccc1. The second-order valence-corrected chi connectivity index (χ2v) is 4.56. The first-order valence-electron chi connectivity index (χ1n) is 6.71. The molecule has 0 aliphatic rings. The van der Waals surface area contributed by atoms with Crippen LogP contribution in [-0.4, -0.2) is 17.0 Å². The van der Waals surface area contributed by atoms with Crippen LogP contribution in [0.4, 0.5) is 0 Å². The molecule has 0 amide bonds. The van der Waals surface area contributed by atoms with E-state index in [1.807, 2.05) is 37.3 Å². The van der Waals surface area contributed by atoms with Gasteiger partial charge in [0.05, 0.1) is 11.1 Å². The first-order valence-corrected chi connectivity index (χ1v) is 6.71. The predicted octanol–water partition coefficient (Wildman–Crippen LogP) is 3.69. The summed E-state index contributed by atoms with van der Waals surface area (Å²) in [6.07, 6.45) is 0.228. The van der Waals surface area contributed by atoms with Crippen molar-refractivity contribution in [3.8, 4) is 0 Å². The zero-order chi connectivity index (χ0) is 15.2. The molecule has 1 atom stereocenters. The predicted molar refractivity (Wildman–Crippen MR) is 78.3 cm³/mol. The van der Waals surface area contributed by atoms with Gasteiger partial charge in [-0.05, 0) is 24.1 Å². The molecule has 2 aromatic rings. The fraction of sp³-hybridized carbons (Fsp3) is 0.176. The van der Waals surface area contributed by atoms with E-state index in [4.69, 9.17) is 9.84 Å². The van der Waals surface area contributed by atoms with E-state index >= 15 is 0 Å². The molecule has 0 spiro atoms. The fourth-order valence-electron chi connectivity index (χ4n) is 2.10. The highest BCUT2D eigenvalue weighted by molar-refractivity contribution is 6.02. The van der Waals surface area contributed by atoms with Gasteiger partial charge in [0.25, 0.3) is 0 Å². The summed E-state index contributed by atoms with van der Waals surface area (Å²) in [7, 11) is 0. The number of carboxylic acids is 1. The largest absolute Gasteiger partial charge is 0.478 e. The Hall–Kier alpha value is -2.62. The molecule has 0 aliphatic carbocycles. The minimum Gasteiger partial charge on any atom is -0.478 e. The summed E-state index contributed by atoms with van der Waals surface area (Å²) in [5.41, 5.74) is 0.908. The summed E-state index contributed by atoms with van der Waals surface area (Å²) < 4.78 is 5.46. The zero-order valence-electron chi connectivity index (χ0n) is 11.7. The molecule has 2 aromatic carbocycles. The van der Waals surface area contributed by atoms with Crippen molar-refractivity contribution < 1.29 is 19.4 Å². The van der Waals surface area contributed by atoms with Gasteiger partial charge in [0.1, 0.15) is 6.10 Å². The summed E-state index contributed by atoms with van der Waals surface area (Å²) in [4.78, 5) is 23.4. The molecule has 0 aromatic heterocycles. The number of carbonyl (C=O) groups excluding carboxylic acids is 1. The van der Waals surface area contributed by atoms with Crippen molar-refractivity contribution in [1.82, 2.24) is 0 Å². The third-order valence-electron chi connectivity index (χ3n) is 3.17. The van der Waals surface area contributed by atoms with E-state index in [2.05, 4.69) is 0 Å². The Kier molecular flexibility index (Phi) is 4.72. The van der Waals surface area contributed by atoms with Gasteiger partial charge < -0.3 is 9.84 Å². The molecule has 2 rings (SSSR count). The average Bonchev–Trinajstić information content (AvgIpc) is 2.53. The minimum absolute atomic E-state index is 0.0505. The number of carboxylic acid groups (broad SMARTS) is 1. The molecule has 1 N–H and O–H groups in total.